The van der Waals surface area contributed by atoms with Gasteiger partial charge in [-0.25, -0.2) is 0 Å². The van der Waals surface area contributed by atoms with E-state index in [1.54, 1.807) is 0 Å². The van der Waals surface area contributed by atoms with E-state index in [0.717, 1.165) is 31.3 Å². The van der Waals surface area contributed by atoms with Crippen molar-refractivity contribution in [2.75, 3.05) is 43.6 Å². The molecule has 1 saturated heterocycles. The van der Waals surface area contributed by atoms with Crippen LogP contribution in [0.4, 0.5) is 11.9 Å². The molecule has 1 atom stereocenters. The van der Waals surface area contributed by atoms with Crippen molar-refractivity contribution < 1.29 is 4.74 Å². The molecular formula is C15H27N5O. The zero-order valence-electron chi connectivity index (χ0n) is 14.1. The second-order valence-electron chi connectivity index (χ2n) is 6.42. The molecule has 6 heteroatoms. The molecule has 0 saturated carbocycles. The number of morpholine rings is 1. The van der Waals surface area contributed by atoms with Crippen LogP contribution in [0.1, 0.15) is 45.9 Å². The summed E-state index contributed by atoms with van der Waals surface area (Å²) in [5, 5.41) is 0. The van der Waals surface area contributed by atoms with Crippen molar-refractivity contribution in [3.8, 4) is 0 Å². The van der Waals surface area contributed by atoms with Crippen molar-refractivity contribution in [1.82, 2.24) is 15.0 Å². The maximum Gasteiger partial charge on any atom is 0.230 e. The Bertz CT molecular complexity index is 465. The highest BCUT2D eigenvalue weighted by Gasteiger charge is 2.32. The molecule has 1 aliphatic heterocycles. The van der Waals surface area contributed by atoms with E-state index in [1.165, 1.54) is 0 Å². The molecule has 1 aromatic rings. The van der Waals surface area contributed by atoms with Gasteiger partial charge in [0.15, 0.2) is 0 Å². The first kappa shape index (κ1) is 15.9. The molecule has 1 unspecified atom stereocenters. The van der Waals surface area contributed by atoms with Crippen LogP contribution in [0.25, 0.3) is 0 Å². The lowest BCUT2D eigenvalue weighted by Gasteiger charge is -2.40. The molecule has 0 radical (unpaired) electrons. The highest BCUT2D eigenvalue weighted by Crippen LogP contribution is 2.25. The molecule has 118 valence electrons. The molecule has 0 aromatic carbocycles. The van der Waals surface area contributed by atoms with Crippen LogP contribution < -0.4 is 9.80 Å². The minimum atomic E-state index is -0.124. The summed E-state index contributed by atoms with van der Waals surface area (Å²) in [6, 6.07) is 0. The quantitative estimate of drug-likeness (QED) is 0.847. The average molecular weight is 293 g/mol. The van der Waals surface area contributed by atoms with E-state index >= 15 is 0 Å². The highest BCUT2D eigenvalue weighted by atomic mass is 16.5. The number of nitrogens with zero attached hydrogens (tertiary/aromatic N) is 5. The Morgan fingerprint density at radius 3 is 2.57 bits per heavy atom. The van der Waals surface area contributed by atoms with Crippen LogP contribution >= 0.6 is 0 Å². The van der Waals surface area contributed by atoms with Gasteiger partial charge >= 0.3 is 0 Å². The third kappa shape index (κ3) is 3.61. The van der Waals surface area contributed by atoms with Crippen molar-refractivity contribution in [2.45, 2.75) is 45.6 Å². The van der Waals surface area contributed by atoms with Gasteiger partial charge in [-0.2, -0.15) is 15.0 Å². The van der Waals surface area contributed by atoms with Gasteiger partial charge in [-0.15, -0.1) is 0 Å². The van der Waals surface area contributed by atoms with Gasteiger partial charge in [0.05, 0.1) is 12.2 Å². The molecule has 0 bridgehead atoms. The summed E-state index contributed by atoms with van der Waals surface area (Å²) in [4.78, 5) is 17.9. The smallest absolute Gasteiger partial charge is 0.230 e. The molecule has 1 fully saturated rings. The largest absolute Gasteiger partial charge is 0.372 e. The summed E-state index contributed by atoms with van der Waals surface area (Å²) >= 11 is 0. The van der Waals surface area contributed by atoms with Crippen molar-refractivity contribution in [3.05, 3.63) is 5.82 Å². The number of hydrogen-bond acceptors (Lipinski definition) is 6. The molecule has 0 amide bonds. The predicted octanol–water partition coefficient (Wildman–Crippen LogP) is 2.07. The Labute approximate surface area is 127 Å². The summed E-state index contributed by atoms with van der Waals surface area (Å²) < 4.78 is 5.90. The van der Waals surface area contributed by atoms with Crippen molar-refractivity contribution in [2.24, 2.45) is 0 Å². The van der Waals surface area contributed by atoms with Crippen LogP contribution in [0.3, 0.4) is 0 Å². The Hall–Kier alpha value is -1.43. The summed E-state index contributed by atoms with van der Waals surface area (Å²) in [6.45, 7) is 10.9. The van der Waals surface area contributed by atoms with Gasteiger partial charge in [0, 0.05) is 33.1 Å². The molecule has 21 heavy (non-hydrogen) atoms. The van der Waals surface area contributed by atoms with Gasteiger partial charge in [-0.3, -0.25) is 0 Å². The van der Waals surface area contributed by atoms with Crippen molar-refractivity contribution in [1.29, 1.82) is 0 Å². The monoisotopic (exact) mass is 293 g/mol. The Kier molecular flexibility index (Phi) is 4.66. The first-order chi connectivity index (χ1) is 9.84. The summed E-state index contributed by atoms with van der Waals surface area (Å²) in [7, 11) is 3.91. The SMILES string of the molecule is CCC1(C)CN(c2nc(C(C)C)nc(N(C)C)n2)CCO1. The van der Waals surface area contributed by atoms with E-state index in [2.05, 4.69) is 47.5 Å². The normalized spacial score (nSPS) is 22.7. The van der Waals surface area contributed by atoms with E-state index in [1.807, 2.05) is 19.0 Å². The maximum atomic E-state index is 5.90. The van der Waals surface area contributed by atoms with Crippen LogP contribution in [0.15, 0.2) is 0 Å². The molecule has 1 aliphatic rings. The van der Waals surface area contributed by atoms with Gasteiger partial charge in [0.2, 0.25) is 11.9 Å². The fourth-order valence-corrected chi connectivity index (χ4v) is 2.28. The zero-order chi connectivity index (χ0) is 15.6. The molecule has 0 spiro atoms. The molecule has 0 N–H and O–H groups in total. The molecule has 6 nitrogen and oxygen atoms in total. The van der Waals surface area contributed by atoms with Gasteiger partial charge in [-0.1, -0.05) is 20.8 Å². The molecule has 2 rings (SSSR count). The van der Waals surface area contributed by atoms with Crippen LogP contribution in [0.2, 0.25) is 0 Å². The Morgan fingerprint density at radius 2 is 2.00 bits per heavy atom. The lowest BCUT2D eigenvalue weighted by atomic mass is 10.0. The second-order valence-corrected chi connectivity index (χ2v) is 6.42. The van der Waals surface area contributed by atoms with E-state index < -0.39 is 0 Å². The van der Waals surface area contributed by atoms with Crippen LogP contribution in [-0.2, 0) is 4.74 Å². The minimum Gasteiger partial charge on any atom is -0.372 e. The molecule has 2 heterocycles. The number of hydrogen-bond donors (Lipinski definition) is 0. The fraction of sp³-hybridized carbons (Fsp3) is 0.800. The second kappa shape index (κ2) is 6.13. The van der Waals surface area contributed by atoms with Crippen molar-refractivity contribution >= 4 is 11.9 Å². The topological polar surface area (TPSA) is 54.4 Å². The zero-order valence-corrected chi connectivity index (χ0v) is 14.1. The third-order valence-electron chi connectivity index (χ3n) is 3.91. The molecular weight excluding hydrogens is 266 g/mol. The lowest BCUT2D eigenvalue weighted by Crippen LogP contribution is -2.50. The number of aromatic nitrogens is 3. The van der Waals surface area contributed by atoms with Crippen LogP contribution in [-0.4, -0.2) is 54.3 Å². The average Bonchev–Trinajstić information content (AvgIpc) is 2.46. The first-order valence-corrected chi connectivity index (χ1v) is 7.67. The van der Waals surface area contributed by atoms with E-state index in [0.29, 0.717) is 12.6 Å². The predicted molar refractivity (Wildman–Crippen MR) is 85.1 cm³/mol. The van der Waals surface area contributed by atoms with Gasteiger partial charge < -0.3 is 14.5 Å². The number of ether oxygens (including phenoxy) is 1. The fourth-order valence-electron chi connectivity index (χ4n) is 2.28. The molecule has 1 aromatic heterocycles. The summed E-state index contributed by atoms with van der Waals surface area (Å²) in [5.74, 6) is 2.60. The lowest BCUT2D eigenvalue weighted by molar-refractivity contribution is -0.0445. The first-order valence-electron chi connectivity index (χ1n) is 7.67. The van der Waals surface area contributed by atoms with Gasteiger partial charge in [0.1, 0.15) is 5.82 Å². The standard InChI is InChI=1S/C15H27N5O/c1-7-15(4)10-20(8-9-21-15)14-17-12(11(2)3)16-13(18-14)19(5)6/h11H,7-10H2,1-6H3. The van der Waals surface area contributed by atoms with Crippen LogP contribution in [0.5, 0.6) is 0 Å². The van der Waals surface area contributed by atoms with E-state index in [-0.39, 0.29) is 11.5 Å². The van der Waals surface area contributed by atoms with E-state index in [9.17, 15) is 0 Å². The van der Waals surface area contributed by atoms with Gasteiger partial charge in [0.25, 0.3) is 0 Å². The number of rotatable bonds is 4. The number of anilines is 2. The maximum absolute atomic E-state index is 5.90. The summed E-state index contributed by atoms with van der Waals surface area (Å²) in [6.07, 6.45) is 0.978. The molecule has 0 aliphatic carbocycles. The Morgan fingerprint density at radius 1 is 1.29 bits per heavy atom. The third-order valence-corrected chi connectivity index (χ3v) is 3.91. The summed E-state index contributed by atoms with van der Waals surface area (Å²) in [5.41, 5.74) is -0.124. The van der Waals surface area contributed by atoms with Crippen molar-refractivity contribution in [3.63, 3.8) is 0 Å². The Balaban J connectivity index is 2.34. The van der Waals surface area contributed by atoms with E-state index in [4.69, 9.17) is 4.74 Å². The minimum absolute atomic E-state index is 0.124. The highest BCUT2D eigenvalue weighted by molar-refractivity contribution is 5.39. The van der Waals surface area contributed by atoms with Gasteiger partial charge in [-0.05, 0) is 13.3 Å². The van der Waals surface area contributed by atoms with Crippen LogP contribution in [0, 0.1) is 0 Å².